The predicted molar refractivity (Wildman–Crippen MR) is 67.5 cm³/mol. The number of carbonyl (C=O) groups is 1. The molecule has 1 unspecified atom stereocenters. The summed E-state index contributed by atoms with van der Waals surface area (Å²) in [7, 11) is -4.04. The molecule has 0 saturated heterocycles. The van der Waals surface area contributed by atoms with Gasteiger partial charge in [-0.25, -0.2) is 22.3 Å². The van der Waals surface area contributed by atoms with Crippen molar-refractivity contribution in [2.24, 2.45) is 0 Å². The van der Waals surface area contributed by atoms with Crippen LogP contribution in [0.2, 0.25) is 0 Å². The number of hydrogen-bond acceptors (Lipinski definition) is 4. The van der Waals surface area contributed by atoms with Gasteiger partial charge in [0.2, 0.25) is 10.0 Å². The number of aliphatic carboxylic acids is 1. The summed E-state index contributed by atoms with van der Waals surface area (Å²) in [5.74, 6) is -2.19. The molecule has 0 amide bonds. The number of carboxylic acids is 1. The van der Waals surface area contributed by atoms with Crippen LogP contribution in [0.4, 0.5) is 4.39 Å². The van der Waals surface area contributed by atoms with Crippen LogP contribution in [0.15, 0.2) is 27.6 Å². The summed E-state index contributed by atoms with van der Waals surface area (Å²) in [6, 6.07) is 3.01. The van der Waals surface area contributed by atoms with Gasteiger partial charge in [-0.3, -0.25) is 0 Å². The maximum Gasteiger partial charge on any atom is 0.336 e. The molecule has 3 N–H and O–H groups in total. The lowest BCUT2D eigenvalue weighted by molar-refractivity contribution is -0.155. The fraction of sp³-hybridized carbons (Fsp3) is 0.300. The molecule has 0 bridgehead atoms. The van der Waals surface area contributed by atoms with Gasteiger partial charge >= 0.3 is 5.97 Å². The van der Waals surface area contributed by atoms with E-state index in [4.69, 9.17) is 5.11 Å². The molecule has 1 rings (SSSR count). The third kappa shape index (κ3) is 3.96. The van der Waals surface area contributed by atoms with Crippen LogP contribution in [-0.2, 0) is 14.8 Å². The van der Waals surface area contributed by atoms with Gasteiger partial charge in [0.15, 0.2) is 5.60 Å². The van der Waals surface area contributed by atoms with Crippen LogP contribution < -0.4 is 4.72 Å². The quantitative estimate of drug-likeness (QED) is 0.721. The molecule has 0 saturated carbocycles. The summed E-state index contributed by atoms with van der Waals surface area (Å²) >= 11 is 2.84. The molecule has 0 aromatic heterocycles. The number of nitrogens with one attached hydrogen (secondary N) is 1. The molecule has 0 aliphatic heterocycles. The Kier molecular flexibility index (Phi) is 4.67. The third-order valence-corrected chi connectivity index (χ3v) is 4.28. The van der Waals surface area contributed by atoms with E-state index in [-0.39, 0.29) is 9.37 Å². The summed E-state index contributed by atoms with van der Waals surface area (Å²) in [5.41, 5.74) is -2.23. The minimum absolute atomic E-state index is 0.0413. The predicted octanol–water partition coefficient (Wildman–Crippen LogP) is 0.702. The third-order valence-electron chi connectivity index (χ3n) is 2.27. The Bertz CT molecular complexity index is 602. The van der Waals surface area contributed by atoms with E-state index in [0.717, 1.165) is 25.1 Å². The van der Waals surface area contributed by atoms with Crippen molar-refractivity contribution in [3.63, 3.8) is 0 Å². The summed E-state index contributed by atoms with van der Waals surface area (Å²) in [4.78, 5) is 10.4. The maximum atomic E-state index is 13.0. The Balaban J connectivity index is 2.93. The van der Waals surface area contributed by atoms with E-state index in [1.54, 1.807) is 0 Å². The average Bonchev–Trinajstić information content (AvgIpc) is 2.30. The fourth-order valence-corrected chi connectivity index (χ4v) is 2.73. The fourth-order valence-electron chi connectivity index (χ4n) is 1.04. The van der Waals surface area contributed by atoms with Gasteiger partial charge < -0.3 is 10.2 Å². The first-order valence-corrected chi connectivity index (χ1v) is 7.24. The molecule has 6 nitrogen and oxygen atoms in total. The van der Waals surface area contributed by atoms with Crippen LogP contribution in [-0.4, -0.2) is 36.7 Å². The number of carboxylic acid groups (broad SMARTS) is 1. The highest BCUT2D eigenvalue weighted by atomic mass is 79.9. The molecule has 106 valence electrons. The molecule has 1 aromatic rings. The van der Waals surface area contributed by atoms with Crippen molar-refractivity contribution < 1.29 is 27.8 Å². The van der Waals surface area contributed by atoms with Crippen molar-refractivity contribution in [1.82, 2.24) is 4.72 Å². The molecule has 0 aliphatic carbocycles. The minimum atomic E-state index is -4.04. The van der Waals surface area contributed by atoms with E-state index in [2.05, 4.69) is 15.9 Å². The summed E-state index contributed by atoms with van der Waals surface area (Å²) in [6.45, 7) is 0.248. The first kappa shape index (κ1) is 16.0. The lowest BCUT2D eigenvalue weighted by Crippen LogP contribution is -2.46. The van der Waals surface area contributed by atoms with E-state index < -0.39 is 34.0 Å². The molecular weight excluding hydrogens is 345 g/mol. The Morgan fingerprint density at radius 2 is 2.11 bits per heavy atom. The number of aliphatic hydroxyl groups is 1. The highest BCUT2D eigenvalue weighted by molar-refractivity contribution is 9.10. The van der Waals surface area contributed by atoms with Crippen LogP contribution in [0.1, 0.15) is 6.92 Å². The van der Waals surface area contributed by atoms with E-state index >= 15 is 0 Å². The van der Waals surface area contributed by atoms with Crippen LogP contribution in [0, 0.1) is 5.82 Å². The largest absolute Gasteiger partial charge is 0.479 e. The normalized spacial score (nSPS) is 14.9. The monoisotopic (exact) mass is 355 g/mol. The maximum absolute atomic E-state index is 13.0. The van der Waals surface area contributed by atoms with Crippen molar-refractivity contribution >= 4 is 31.9 Å². The highest BCUT2D eigenvalue weighted by Gasteiger charge is 2.31. The second-order valence-electron chi connectivity index (χ2n) is 3.98. The van der Waals surface area contributed by atoms with Crippen LogP contribution in [0.25, 0.3) is 0 Å². The average molecular weight is 356 g/mol. The second kappa shape index (κ2) is 5.53. The van der Waals surface area contributed by atoms with Crippen molar-refractivity contribution in [1.29, 1.82) is 0 Å². The molecule has 0 spiro atoms. The second-order valence-corrected chi connectivity index (χ2v) is 6.60. The zero-order chi connectivity index (χ0) is 14.8. The van der Waals surface area contributed by atoms with Crippen molar-refractivity contribution in [2.45, 2.75) is 17.4 Å². The van der Waals surface area contributed by atoms with Crippen LogP contribution in [0.5, 0.6) is 0 Å². The molecular formula is C10H11BrFNO5S. The minimum Gasteiger partial charge on any atom is -0.479 e. The van der Waals surface area contributed by atoms with Crippen molar-refractivity contribution in [2.75, 3.05) is 6.54 Å². The van der Waals surface area contributed by atoms with E-state index in [1.165, 1.54) is 0 Å². The number of hydrogen-bond donors (Lipinski definition) is 3. The lowest BCUT2D eigenvalue weighted by atomic mass is 10.1. The van der Waals surface area contributed by atoms with Gasteiger partial charge in [-0.15, -0.1) is 0 Å². The van der Waals surface area contributed by atoms with Gasteiger partial charge in [-0.1, -0.05) is 0 Å². The standard InChI is InChI=1S/C10H11BrFNO5S/c1-10(16,9(14)15)5-13-19(17,18)6-2-3-8(12)7(11)4-6/h2-4,13,16H,5H2,1H3,(H,14,15). The molecule has 1 atom stereocenters. The molecule has 0 heterocycles. The summed E-state index contributed by atoms with van der Waals surface area (Å²) in [5, 5.41) is 18.1. The first-order valence-electron chi connectivity index (χ1n) is 4.97. The van der Waals surface area contributed by atoms with Crippen LogP contribution in [0.3, 0.4) is 0 Å². The van der Waals surface area contributed by atoms with E-state index in [0.29, 0.717) is 0 Å². The SMILES string of the molecule is CC(O)(CNS(=O)(=O)c1ccc(F)c(Br)c1)C(=O)O. The van der Waals surface area contributed by atoms with Gasteiger partial charge in [0, 0.05) is 0 Å². The number of rotatable bonds is 5. The topological polar surface area (TPSA) is 104 Å². The van der Waals surface area contributed by atoms with Crippen LogP contribution >= 0.6 is 15.9 Å². The van der Waals surface area contributed by atoms with Gasteiger partial charge in [0.05, 0.1) is 15.9 Å². The van der Waals surface area contributed by atoms with E-state index in [9.17, 15) is 22.7 Å². The molecule has 0 radical (unpaired) electrons. The Hall–Kier alpha value is -1.03. The molecule has 0 aliphatic rings. The van der Waals surface area contributed by atoms with Gasteiger partial charge in [0.1, 0.15) is 5.82 Å². The summed E-state index contributed by atoms with van der Waals surface area (Å²) in [6.07, 6.45) is 0. The van der Waals surface area contributed by atoms with Gasteiger partial charge in [-0.2, -0.15) is 0 Å². The zero-order valence-corrected chi connectivity index (χ0v) is 12.1. The first-order chi connectivity index (χ1) is 8.56. The number of halogens is 2. The van der Waals surface area contributed by atoms with Gasteiger partial charge in [-0.05, 0) is 41.1 Å². The number of benzene rings is 1. The van der Waals surface area contributed by atoms with E-state index in [1.807, 2.05) is 4.72 Å². The Morgan fingerprint density at radius 1 is 1.53 bits per heavy atom. The Morgan fingerprint density at radius 3 is 2.58 bits per heavy atom. The van der Waals surface area contributed by atoms with Crippen molar-refractivity contribution in [3.8, 4) is 0 Å². The molecule has 19 heavy (non-hydrogen) atoms. The molecule has 9 heteroatoms. The Labute approximate surface area is 117 Å². The molecule has 1 aromatic carbocycles. The smallest absolute Gasteiger partial charge is 0.336 e. The lowest BCUT2D eigenvalue weighted by Gasteiger charge is -2.18. The summed E-state index contributed by atoms with van der Waals surface area (Å²) < 4.78 is 38.5. The van der Waals surface area contributed by atoms with Gasteiger partial charge in [0.25, 0.3) is 0 Å². The molecule has 0 fully saturated rings. The zero-order valence-electron chi connectivity index (χ0n) is 9.72. The number of sulfonamides is 1. The highest BCUT2D eigenvalue weighted by Crippen LogP contribution is 2.20. The van der Waals surface area contributed by atoms with Crippen molar-refractivity contribution in [3.05, 3.63) is 28.5 Å².